The summed E-state index contributed by atoms with van der Waals surface area (Å²) in [5, 5.41) is 16.7. The van der Waals surface area contributed by atoms with Crippen molar-refractivity contribution in [1.82, 2.24) is 20.1 Å². The molecular formula is C26H33FN4O5. The quantitative estimate of drug-likeness (QED) is 0.453. The number of halogens is 1. The molecule has 1 saturated carbocycles. The van der Waals surface area contributed by atoms with Gasteiger partial charge in [0.1, 0.15) is 11.4 Å². The number of carbonyl (C=O) groups is 2. The first kappa shape index (κ1) is 25.8. The predicted molar refractivity (Wildman–Crippen MR) is 131 cm³/mol. The molecule has 2 amide bonds. The molecule has 2 aliphatic rings. The Morgan fingerprint density at radius 1 is 1.17 bits per heavy atom. The zero-order chi connectivity index (χ0) is 25.7. The van der Waals surface area contributed by atoms with E-state index < -0.39 is 17.1 Å². The number of benzene rings is 1. The number of carbonyl (C=O) groups excluding carboxylic acids is 2. The van der Waals surface area contributed by atoms with Gasteiger partial charge in [-0.2, -0.15) is 0 Å². The highest BCUT2D eigenvalue weighted by molar-refractivity contribution is 5.99. The van der Waals surface area contributed by atoms with Crippen molar-refractivity contribution in [2.24, 2.45) is 5.92 Å². The summed E-state index contributed by atoms with van der Waals surface area (Å²) >= 11 is 0. The number of methoxy groups -OCH3 is 1. The first-order chi connectivity index (χ1) is 17.4. The van der Waals surface area contributed by atoms with Gasteiger partial charge in [0.25, 0.3) is 11.8 Å². The number of rotatable bonds is 9. The Morgan fingerprint density at radius 3 is 2.67 bits per heavy atom. The minimum absolute atomic E-state index is 0.0169. The second-order valence-electron chi connectivity index (χ2n) is 9.38. The summed E-state index contributed by atoms with van der Waals surface area (Å²) in [6, 6.07) is 5.65. The monoisotopic (exact) mass is 500 g/mol. The van der Waals surface area contributed by atoms with Crippen molar-refractivity contribution in [3.05, 3.63) is 63.3 Å². The first-order valence-electron chi connectivity index (χ1n) is 12.4. The van der Waals surface area contributed by atoms with Gasteiger partial charge in [-0.05, 0) is 36.5 Å². The molecule has 1 aliphatic heterocycles. The van der Waals surface area contributed by atoms with Crippen molar-refractivity contribution < 1.29 is 23.8 Å². The Bertz CT molecular complexity index is 1150. The fourth-order valence-corrected chi connectivity index (χ4v) is 5.16. The molecule has 4 rings (SSSR count). The van der Waals surface area contributed by atoms with E-state index in [9.17, 15) is 23.9 Å². The molecule has 3 N–H and O–H groups in total. The molecule has 10 heteroatoms. The van der Waals surface area contributed by atoms with Gasteiger partial charge in [0.2, 0.25) is 5.43 Å². The molecule has 2 atom stereocenters. The van der Waals surface area contributed by atoms with E-state index in [4.69, 9.17) is 4.74 Å². The number of aromatic hydroxyl groups is 1. The SMILES string of the molecule is COCCNCC1CCCCC1N1CCn2cc(C(=O)NCc3ccc(F)cc3)c(=O)c(O)c2C1=O. The van der Waals surface area contributed by atoms with E-state index >= 15 is 0 Å². The largest absolute Gasteiger partial charge is 0.503 e. The zero-order valence-corrected chi connectivity index (χ0v) is 20.5. The molecule has 1 aromatic heterocycles. The highest BCUT2D eigenvalue weighted by atomic mass is 19.1. The highest BCUT2D eigenvalue weighted by Crippen LogP contribution is 2.32. The topological polar surface area (TPSA) is 113 Å². The third-order valence-corrected chi connectivity index (χ3v) is 7.07. The van der Waals surface area contributed by atoms with E-state index in [1.807, 2.05) is 0 Å². The van der Waals surface area contributed by atoms with Crippen LogP contribution in [0.3, 0.4) is 0 Å². The van der Waals surface area contributed by atoms with Gasteiger partial charge in [-0.15, -0.1) is 0 Å². The average Bonchev–Trinajstić information content (AvgIpc) is 2.88. The summed E-state index contributed by atoms with van der Waals surface area (Å²) in [4.78, 5) is 40.8. The fraction of sp³-hybridized carbons (Fsp3) is 0.500. The van der Waals surface area contributed by atoms with Crippen molar-refractivity contribution in [2.45, 2.75) is 44.8 Å². The normalized spacial score (nSPS) is 19.7. The van der Waals surface area contributed by atoms with Gasteiger partial charge >= 0.3 is 0 Å². The molecule has 1 fully saturated rings. The lowest BCUT2D eigenvalue weighted by atomic mass is 9.83. The van der Waals surface area contributed by atoms with Crippen LogP contribution in [-0.2, 0) is 17.8 Å². The Labute approximate surface area is 209 Å². The minimum atomic E-state index is -0.880. The maximum atomic E-state index is 13.5. The van der Waals surface area contributed by atoms with Crippen molar-refractivity contribution in [3.8, 4) is 5.75 Å². The van der Waals surface area contributed by atoms with Crippen LogP contribution in [0.4, 0.5) is 4.39 Å². The fourth-order valence-electron chi connectivity index (χ4n) is 5.16. The second-order valence-corrected chi connectivity index (χ2v) is 9.38. The van der Waals surface area contributed by atoms with E-state index in [1.165, 1.54) is 35.0 Å². The molecule has 36 heavy (non-hydrogen) atoms. The van der Waals surface area contributed by atoms with Crippen LogP contribution in [0.5, 0.6) is 5.75 Å². The van der Waals surface area contributed by atoms with Crippen molar-refractivity contribution in [1.29, 1.82) is 0 Å². The number of hydrogen-bond donors (Lipinski definition) is 3. The van der Waals surface area contributed by atoms with Crippen LogP contribution in [0.25, 0.3) is 0 Å². The number of hydrogen-bond acceptors (Lipinski definition) is 6. The molecular weight excluding hydrogens is 467 g/mol. The standard InChI is InChI=1S/C26H33FN4O5/c1-36-13-10-28-15-18-4-2-3-5-21(18)31-12-11-30-16-20(23(32)24(33)22(30)26(31)35)25(34)29-14-17-6-8-19(27)9-7-17/h6-9,16,18,21,28,33H,2-5,10-15H2,1H3,(H,29,34). The van der Waals surface area contributed by atoms with Gasteiger partial charge in [0.05, 0.1) is 6.61 Å². The van der Waals surface area contributed by atoms with Crippen LogP contribution in [-0.4, -0.2) is 65.8 Å². The molecule has 0 bridgehead atoms. The van der Waals surface area contributed by atoms with E-state index in [0.717, 1.165) is 38.8 Å². The first-order valence-corrected chi connectivity index (χ1v) is 12.4. The van der Waals surface area contributed by atoms with Crippen molar-refractivity contribution in [3.63, 3.8) is 0 Å². The average molecular weight is 501 g/mol. The third-order valence-electron chi connectivity index (χ3n) is 7.07. The molecule has 0 saturated heterocycles. The summed E-state index contributed by atoms with van der Waals surface area (Å²) in [5.74, 6) is -1.87. The lowest BCUT2D eigenvalue weighted by Gasteiger charge is -2.42. The molecule has 2 heterocycles. The van der Waals surface area contributed by atoms with E-state index in [1.54, 1.807) is 12.0 Å². The van der Waals surface area contributed by atoms with Gasteiger partial charge in [0, 0.05) is 52.1 Å². The summed E-state index contributed by atoms with van der Waals surface area (Å²) in [7, 11) is 1.66. The molecule has 1 aromatic carbocycles. The van der Waals surface area contributed by atoms with Crippen LogP contribution >= 0.6 is 0 Å². The van der Waals surface area contributed by atoms with Crippen LogP contribution in [0, 0.1) is 11.7 Å². The Balaban J connectivity index is 1.50. The number of fused-ring (bicyclic) bond motifs is 1. The number of nitrogens with zero attached hydrogens (tertiary/aromatic N) is 2. The number of nitrogens with one attached hydrogen (secondary N) is 2. The summed E-state index contributed by atoms with van der Waals surface area (Å²) in [6.07, 6.45) is 5.34. The van der Waals surface area contributed by atoms with Gasteiger partial charge in [0.15, 0.2) is 11.4 Å². The Hall–Kier alpha value is -3.24. The summed E-state index contributed by atoms with van der Waals surface area (Å²) < 4.78 is 19.7. The van der Waals surface area contributed by atoms with Gasteiger partial charge in [-0.25, -0.2) is 4.39 Å². The Kier molecular flexibility index (Phi) is 8.37. The van der Waals surface area contributed by atoms with Gasteiger partial charge < -0.3 is 29.9 Å². The predicted octanol–water partition coefficient (Wildman–Crippen LogP) is 1.87. The molecule has 194 valence electrons. The van der Waals surface area contributed by atoms with Crippen molar-refractivity contribution >= 4 is 11.8 Å². The van der Waals surface area contributed by atoms with E-state index in [2.05, 4.69) is 10.6 Å². The molecule has 2 unspecified atom stereocenters. The third kappa shape index (κ3) is 5.60. The maximum absolute atomic E-state index is 13.5. The van der Waals surface area contributed by atoms with Crippen LogP contribution in [0.1, 0.15) is 52.1 Å². The smallest absolute Gasteiger partial charge is 0.274 e. The summed E-state index contributed by atoms with van der Waals surface area (Å²) in [6.45, 7) is 3.01. The molecule has 0 spiro atoms. The molecule has 2 aromatic rings. The van der Waals surface area contributed by atoms with Crippen LogP contribution in [0.15, 0.2) is 35.3 Å². The molecule has 1 aliphatic carbocycles. The number of pyridine rings is 1. The number of amides is 2. The summed E-state index contributed by atoms with van der Waals surface area (Å²) in [5.41, 5.74) is -0.526. The lowest BCUT2D eigenvalue weighted by Crippen LogP contribution is -2.53. The lowest BCUT2D eigenvalue weighted by molar-refractivity contribution is 0.0455. The van der Waals surface area contributed by atoms with Crippen LogP contribution in [0.2, 0.25) is 0 Å². The second kappa shape index (κ2) is 11.7. The molecule has 0 radical (unpaired) electrons. The number of ether oxygens (including phenoxy) is 1. The van der Waals surface area contributed by atoms with E-state index in [0.29, 0.717) is 25.3 Å². The number of aromatic nitrogens is 1. The molecule has 9 nitrogen and oxygen atoms in total. The Morgan fingerprint density at radius 2 is 1.92 bits per heavy atom. The van der Waals surface area contributed by atoms with E-state index in [-0.39, 0.29) is 41.5 Å². The minimum Gasteiger partial charge on any atom is -0.503 e. The zero-order valence-electron chi connectivity index (χ0n) is 20.5. The highest BCUT2D eigenvalue weighted by Gasteiger charge is 2.38. The maximum Gasteiger partial charge on any atom is 0.274 e. The van der Waals surface area contributed by atoms with Crippen LogP contribution < -0.4 is 16.1 Å². The van der Waals surface area contributed by atoms with Crippen molar-refractivity contribution in [2.75, 3.05) is 33.4 Å². The van der Waals surface area contributed by atoms with Gasteiger partial charge in [-0.1, -0.05) is 25.0 Å². The van der Waals surface area contributed by atoms with Gasteiger partial charge in [-0.3, -0.25) is 14.4 Å².